The molecule has 30 heavy (non-hydrogen) atoms. The van der Waals surface area contributed by atoms with E-state index in [-0.39, 0.29) is 29.1 Å². The number of carboxylic acids is 1. The minimum absolute atomic E-state index is 0.0688. The predicted molar refractivity (Wildman–Crippen MR) is 108 cm³/mol. The van der Waals surface area contributed by atoms with E-state index in [0.717, 1.165) is 0 Å². The number of nitrogens with one attached hydrogen (secondary N) is 1. The third-order valence-corrected chi connectivity index (χ3v) is 4.52. The predicted octanol–water partition coefficient (Wildman–Crippen LogP) is 1.73. The summed E-state index contributed by atoms with van der Waals surface area (Å²) in [5.41, 5.74) is 0.903. The van der Waals surface area contributed by atoms with Crippen LogP contribution in [0.2, 0.25) is 0 Å². The third kappa shape index (κ3) is 4.10. The molecule has 0 saturated carbocycles. The van der Waals surface area contributed by atoms with Gasteiger partial charge in [-0.15, -0.1) is 0 Å². The van der Waals surface area contributed by atoms with Crippen LogP contribution in [0.3, 0.4) is 0 Å². The quantitative estimate of drug-likeness (QED) is 0.465. The largest absolute Gasteiger partial charge is 0.489 e. The van der Waals surface area contributed by atoms with Crippen LogP contribution in [0.4, 0.5) is 5.69 Å². The van der Waals surface area contributed by atoms with Crippen molar-refractivity contribution < 1.29 is 29.6 Å². The summed E-state index contributed by atoms with van der Waals surface area (Å²) in [5, 5.41) is 40.1. The number of ether oxygens (including phenoxy) is 1. The normalized spacial score (nSPS) is 11.7. The number of aromatic carboxylic acids is 1. The lowest BCUT2D eigenvalue weighted by Crippen LogP contribution is -2.21. The van der Waals surface area contributed by atoms with Crippen molar-refractivity contribution in [1.29, 1.82) is 5.26 Å². The van der Waals surface area contributed by atoms with Gasteiger partial charge in [0.2, 0.25) is 0 Å². The molecule has 2 aromatic carbocycles. The number of benzene rings is 2. The van der Waals surface area contributed by atoms with E-state index in [9.17, 15) is 19.8 Å². The van der Waals surface area contributed by atoms with Crippen LogP contribution in [0.5, 0.6) is 5.75 Å². The SMILES string of the molecule is Cn1c(C(=O)Nc2ccc(C#N)cc2C(=O)O)cc2cccc(OC[C@@H](O)CO)c21. The molecule has 0 unspecified atom stereocenters. The Balaban J connectivity index is 1.94. The Labute approximate surface area is 171 Å². The van der Waals surface area contributed by atoms with Crippen molar-refractivity contribution in [2.24, 2.45) is 7.05 Å². The second-order valence-electron chi connectivity index (χ2n) is 6.56. The zero-order valence-corrected chi connectivity index (χ0v) is 16.0. The number of nitrogens with zero attached hydrogens (tertiary/aromatic N) is 2. The van der Waals surface area contributed by atoms with Crippen LogP contribution in [0.25, 0.3) is 10.9 Å². The molecule has 0 aliphatic carbocycles. The fourth-order valence-corrected chi connectivity index (χ4v) is 3.04. The van der Waals surface area contributed by atoms with E-state index in [0.29, 0.717) is 16.7 Å². The number of aromatic nitrogens is 1. The van der Waals surface area contributed by atoms with Gasteiger partial charge in [-0.2, -0.15) is 5.26 Å². The lowest BCUT2D eigenvalue weighted by molar-refractivity contribution is 0.0540. The van der Waals surface area contributed by atoms with E-state index in [1.807, 2.05) is 6.07 Å². The fraction of sp³-hybridized carbons (Fsp3) is 0.190. The van der Waals surface area contributed by atoms with Gasteiger partial charge in [0.1, 0.15) is 24.2 Å². The van der Waals surface area contributed by atoms with Crippen molar-refractivity contribution in [3.05, 3.63) is 59.3 Å². The summed E-state index contributed by atoms with van der Waals surface area (Å²) in [4.78, 5) is 24.3. The first-order valence-corrected chi connectivity index (χ1v) is 8.94. The third-order valence-electron chi connectivity index (χ3n) is 4.52. The molecular weight excluding hydrogens is 390 g/mol. The van der Waals surface area contributed by atoms with Crippen molar-refractivity contribution in [1.82, 2.24) is 4.57 Å². The molecule has 1 amide bonds. The second kappa shape index (κ2) is 8.65. The van der Waals surface area contributed by atoms with Gasteiger partial charge in [0, 0.05) is 12.4 Å². The molecule has 1 heterocycles. The molecule has 3 rings (SSSR count). The number of hydrogen-bond acceptors (Lipinski definition) is 6. The standard InChI is InChI=1S/C21H19N3O6/c1-24-17(8-13-3-2-4-18(19(13)24)30-11-14(26)10-25)20(27)23-16-6-5-12(9-22)7-15(16)21(28)29/h2-8,14,25-26H,10-11H2,1H3,(H,23,27)(H,28,29)/t14-/m0/s1. The molecule has 0 bridgehead atoms. The van der Waals surface area contributed by atoms with Gasteiger partial charge >= 0.3 is 5.97 Å². The first-order chi connectivity index (χ1) is 14.3. The number of para-hydroxylation sites is 1. The Morgan fingerprint density at radius 1 is 1.27 bits per heavy atom. The maximum absolute atomic E-state index is 12.9. The highest BCUT2D eigenvalue weighted by molar-refractivity contribution is 6.09. The summed E-state index contributed by atoms with van der Waals surface area (Å²) in [6, 6.07) is 12.7. The summed E-state index contributed by atoms with van der Waals surface area (Å²) >= 11 is 0. The highest BCUT2D eigenvalue weighted by Gasteiger charge is 2.19. The van der Waals surface area contributed by atoms with Crippen LogP contribution in [0, 0.1) is 11.3 Å². The fourth-order valence-electron chi connectivity index (χ4n) is 3.04. The molecule has 4 N–H and O–H groups in total. The van der Waals surface area contributed by atoms with Crippen LogP contribution in [-0.2, 0) is 7.05 Å². The van der Waals surface area contributed by atoms with Crippen LogP contribution < -0.4 is 10.1 Å². The van der Waals surface area contributed by atoms with Crippen molar-refractivity contribution >= 4 is 28.5 Å². The van der Waals surface area contributed by atoms with E-state index >= 15 is 0 Å². The number of anilines is 1. The molecule has 3 aromatic rings. The lowest BCUT2D eigenvalue weighted by atomic mass is 10.1. The number of nitriles is 1. The molecule has 0 aliphatic heterocycles. The molecule has 1 aromatic heterocycles. The Morgan fingerprint density at radius 2 is 2.03 bits per heavy atom. The van der Waals surface area contributed by atoms with Gasteiger partial charge in [0.05, 0.1) is 35.0 Å². The number of amides is 1. The topological polar surface area (TPSA) is 145 Å². The smallest absolute Gasteiger partial charge is 0.337 e. The summed E-state index contributed by atoms with van der Waals surface area (Å²) in [7, 11) is 1.66. The molecule has 0 spiro atoms. The van der Waals surface area contributed by atoms with E-state index in [2.05, 4.69) is 5.32 Å². The maximum Gasteiger partial charge on any atom is 0.337 e. The molecule has 0 radical (unpaired) electrons. The molecule has 1 atom stereocenters. The molecule has 0 saturated heterocycles. The van der Waals surface area contributed by atoms with Crippen LogP contribution in [-0.4, -0.2) is 51.1 Å². The van der Waals surface area contributed by atoms with Gasteiger partial charge in [-0.3, -0.25) is 4.79 Å². The highest BCUT2D eigenvalue weighted by Crippen LogP contribution is 2.29. The summed E-state index contributed by atoms with van der Waals surface area (Å²) in [6.07, 6.45) is -1.03. The van der Waals surface area contributed by atoms with Gasteiger partial charge in [0.15, 0.2) is 0 Å². The van der Waals surface area contributed by atoms with Gasteiger partial charge in [-0.05, 0) is 30.3 Å². The Bertz CT molecular complexity index is 1160. The summed E-state index contributed by atoms with van der Waals surface area (Å²) < 4.78 is 7.16. The second-order valence-corrected chi connectivity index (χ2v) is 6.56. The molecule has 0 aliphatic rings. The number of carboxylic acid groups (broad SMARTS) is 1. The van der Waals surface area contributed by atoms with E-state index in [4.69, 9.17) is 15.1 Å². The Kier molecular flexibility index (Phi) is 6.01. The van der Waals surface area contributed by atoms with Crippen molar-refractivity contribution in [3.8, 4) is 11.8 Å². The maximum atomic E-state index is 12.9. The Morgan fingerprint density at radius 3 is 2.70 bits per heavy atom. The lowest BCUT2D eigenvalue weighted by Gasteiger charge is -2.13. The zero-order valence-electron chi connectivity index (χ0n) is 16.0. The molecule has 154 valence electrons. The van der Waals surface area contributed by atoms with Gasteiger partial charge < -0.3 is 29.9 Å². The number of rotatable bonds is 7. The molecular formula is C21H19N3O6. The van der Waals surface area contributed by atoms with Crippen molar-refractivity contribution in [2.75, 3.05) is 18.5 Å². The van der Waals surface area contributed by atoms with Gasteiger partial charge in [-0.25, -0.2) is 4.79 Å². The highest BCUT2D eigenvalue weighted by atomic mass is 16.5. The number of hydrogen-bond donors (Lipinski definition) is 4. The first kappa shape index (κ1) is 20.9. The van der Waals surface area contributed by atoms with E-state index in [1.54, 1.807) is 35.9 Å². The zero-order chi connectivity index (χ0) is 21.8. The minimum atomic E-state index is -1.27. The monoisotopic (exact) mass is 409 g/mol. The van der Waals surface area contributed by atoms with Crippen LogP contribution in [0.1, 0.15) is 26.4 Å². The van der Waals surface area contributed by atoms with E-state index in [1.165, 1.54) is 18.2 Å². The average molecular weight is 409 g/mol. The number of fused-ring (bicyclic) bond motifs is 1. The number of carbonyl (C=O) groups is 2. The van der Waals surface area contributed by atoms with Crippen LogP contribution >= 0.6 is 0 Å². The average Bonchev–Trinajstić information content (AvgIpc) is 3.09. The minimum Gasteiger partial charge on any atom is -0.489 e. The molecule has 9 heteroatoms. The number of carbonyl (C=O) groups excluding carboxylic acids is 1. The number of aliphatic hydroxyl groups is 2. The summed E-state index contributed by atoms with van der Waals surface area (Å²) in [5.74, 6) is -1.38. The summed E-state index contributed by atoms with van der Waals surface area (Å²) in [6.45, 7) is -0.553. The molecule has 9 nitrogen and oxygen atoms in total. The number of aryl methyl sites for hydroxylation is 1. The Hall–Kier alpha value is -3.87. The number of aliphatic hydroxyl groups excluding tert-OH is 2. The van der Waals surface area contributed by atoms with Gasteiger partial charge in [0.25, 0.3) is 5.91 Å². The first-order valence-electron chi connectivity index (χ1n) is 8.94. The van der Waals surface area contributed by atoms with E-state index < -0.39 is 24.6 Å². The van der Waals surface area contributed by atoms with Crippen molar-refractivity contribution in [3.63, 3.8) is 0 Å². The van der Waals surface area contributed by atoms with Crippen molar-refractivity contribution in [2.45, 2.75) is 6.10 Å². The van der Waals surface area contributed by atoms with Crippen LogP contribution in [0.15, 0.2) is 42.5 Å². The molecule has 0 fully saturated rings. The van der Waals surface area contributed by atoms with Gasteiger partial charge in [-0.1, -0.05) is 12.1 Å².